The van der Waals surface area contributed by atoms with Crippen molar-refractivity contribution in [1.82, 2.24) is 10.6 Å². The summed E-state index contributed by atoms with van der Waals surface area (Å²) in [7, 11) is 0. The van der Waals surface area contributed by atoms with Crippen molar-refractivity contribution in [3.63, 3.8) is 0 Å². The summed E-state index contributed by atoms with van der Waals surface area (Å²) in [6, 6.07) is 14.9. The lowest BCUT2D eigenvalue weighted by molar-refractivity contribution is 0.0935. The number of benzene rings is 1. The zero-order chi connectivity index (χ0) is 15.8. The highest BCUT2D eigenvalue weighted by Gasteiger charge is 2.39. The summed E-state index contributed by atoms with van der Waals surface area (Å²) in [6.07, 6.45) is 3.37. The molecular weight excluding hydrogens is 306 g/mol. The highest BCUT2D eigenvalue weighted by molar-refractivity contribution is 7.17. The van der Waals surface area contributed by atoms with E-state index < -0.39 is 0 Å². The number of nitriles is 1. The maximum atomic E-state index is 12.6. The van der Waals surface area contributed by atoms with Crippen LogP contribution in [0.5, 0.6) is 0 Å². The van der Waals surface area contributed by atoms with E-state index in [9.17, 15) is 10.1 Å². The van der Waals surface area contributed by atoms with E-state index in [1.807, 2.05) is 30.3 Å². The van der Waals surface area contributed by atoms with E-state index in [0.29, 0.717) is 22.5 Å². The van der Waals surface area contributed by atoms with Crippen LogP contribution in [0, 0.1) is 11.3 Å². The predicted octanol–water partition coefficient (Wildman–Crippen LogP) is 2.91. The fourth-order valence-electron chi connectivity index (χ4n) is 3.61. The first-order valence-electron chi connectivity index (χ1n) is 7.91. The summed E-state index contributed by atoms with van der Waals surface area (Å²) < 4.78 is 0. The summed E-state index contributed by atoms with van der Waals surface area (Å²) in [4.78, 5) is 14.0. The van der Waals surface area contributed by atoms with Crippen molar-refractivity contribution in [3.8, 4) is 16.5 Å². The zero-order valence-electron chi connectivity index (χ0n) is 12.6. The molecule has 1 aromatic carbocycles. The molecule has 4 rings (SSSR count). The van der Waals surface area contributed by atoms with Crippen molar-refractivity contribution in [2.24, 2.45) is 0 Å². The third kappa shape index (κ3) is 2.65. The molecule has 0 radical (unpaired) electrons. The summed E-state index contributed by atoms with van der Waals surface area (Å²) in [5, 5.41) is 16.0. The molecule has 0 aliphatic carbocycles. The van der Waals surface area contributed by atoms with Crippen LogP contribution in [0.25, 0.3) is 10.4 Å². The molecular formula is C18H17N3OS. The standard InChI is InChI=1S/C18H17N3OS/c19-10-12-8-16(23-17(12)11-4-2-1-3-5-11)18(22)21-15-9-13-6-7-14(15)20-13/h1-5,8,13-15,20H,6-7,9H2,(H,21,22)/t13-,14+,15-/m1/s1. The number of nitrogens with one attached hydrogen (secondary N) is 2. The highest BCUT2D eigenvalue weighted by Crippen LogP contribution is 2.33. The molecule has 0 saturated carbocycles. The molecule has 1 aromatic heterocycles. The molecule has 2 aromatic rings. The van der Waals surface area contributed by atoms with Crippen molar-refractivity contribution in [3.05, 3.63) is 46.8 Å². The van der Waals surface area contributed by atoms with E-state index in [4.69, 9.17) is 0 Å². The number of amides is 1. The number of carbonyl (C=O) groups excluding carboxylic acids is 1. The van der Waals surface area contributed by atoms with Gasteiger partial charge in [0.1, 0.15) is 6.07 Å². The molecule has 2 aliphatic heterocycles. The number of nitrogens with zero attached hydrogens (tertiary/aromatic N) is 1. The van der Waals surface area contributed by atoms with E-state index in [1.54, 1.807) is 6.07 Å². The molecule has 23 heavy (non-hydrogen) atoms. The van der Waals surface area contributed by atoms with Gasteiger partial charge in [-0.15, -0.1) is 11.3 Å². The maximum Gasteiger partial charge on any atom is 0.261 e. The van der Waals surface area contributed by atoms with Gasteiger partial charge in [0, 0.05) is 18.1 Å². The van der Waals surface area contributed by atoms with Gasteiger partial charge >= 0.3 is 0 Å². The van der Waals surface area contributed by atoms with Crippen LogP contribution in [0.1, 0.15) is 34.5 Å². The molecule has 3 heterocycles. The normalized spacial score (nSPS) is 25.3. The number of carbonyl (C=O) groups is 1. The molecule has 5 heteroatoms. The molecule has 2 N–H and O–H groups in total. The fraction of sp³-hybridized carbons (Fsp3) is 0.333. The third-order valence-electron chi connectivity index (χ3n) is 4.73. The van der Waals surface area contributed by atoms with Crippen LogP contribution in [0.3, 0.4) is 0 Å². The van der Waals surface area contributed by atoms with Crippen molar-refractivity contribution in [2.75, 3.05) is 0 Å². The highest BCUT2D eigenvalue weighted by atomic mass is 32.1. The number of rotatable bonds is 3. The van der Waals surface area contributed by atoms with Gasteiger partial charge in [-0.2, -0.15) is 5.26 Å². The van der Waals surface area contributed by atoms with Crippen molar-refractivity contribution >= 4 is 17.2 Å². The lowest BCUT2D eigenvalue weighted by Crippen LogP contribution is -2.42. The van der Waals surface area contributed by atoms with Gasteiger partial charge in [-0.3, -0.25) is 4.79 Å². The zero-order valence-corrected chi connectivity index (χ0v) is 13.4. The van der Waals surface area contributed by atoms with E-state index >= 15 is 0 Å². The van der Waals surface area contributed by atoms with Crippen LogP contribution in [-0.4, -0.2) is 24.0 Å². The van der Waals surface area contributed by atoms with E-state index in [0.717, 1.165) is 23.3 Å². The minimum Gasteiger partial charge on any atom is -0.347 e. The Bertz CT molecular complexity index is 777. The second-order valence-electron chi connectivity index (χ2n) is 6.19. The van der Waals surface area contributed by atoms with Gasteiger partial charge in [0.2, 0.25) is 0 Å². The molecule has 4 nitrogen and oxygen atoms in total. The van der Waals surface area contributed by atoms with Gasteiger partial charge in [0.05, 0.1) is 15.3 Å². The van der Waals surface area contributed by atoms with Gasteiger partial charge in [-0.05, 0) is 30.9 Å². The molecule has 0 unspecified atom stereocenters. The Morgan fingerprint density at radius 2 is 2.13 bits per heavy atom. The van der Waals surface area contributed by atoms with Crippen molar-refractivity contribution in [2.45, 2.75) is 37.4 Å². The predicted molar refractivity (Wildman–Crippen MR) is 90.3 cm³/mol. The summed E-state index contributed by atoms with van der Waals surface area (Å²) in [5.41, 5.74) is 1.55. The minimum absolute atomic E-state index is 0.0620. The second kappa shape index (κ2) is 5.80. The number of thiophene rings is 1. The van der Waals surface area contributed by atoms with Gasteiger partial charge in [0.15, 0.2) is 0 Å². The SMILES string of the molecule is N#Cc1cc(C(=O)N[C@@H]2C[C@H]3CC[C@@H]2N3)sc1-c1ccccc1. The molecule has 2 bridgehead atoms. The number of hydrogen-bond acceptors (Lipinski definition) is 4. The second-order valence-corrected chi connectivity index (χ2v) is 7.25. The first-order chi connectivity index (χ1) is 11.2. The smallest absolute Gasteiger partial charge is 0.261 e. The molecule has 2 fully saturated rings. The van der Waals surface area contributed by atoms with Crippen molar-refractivity contribution in [1.29, 1.82) is 5.26 Å². The monoisotopic (exact) mass is 323 g/mol. The average Bonchev–Trinajstić information content (AvgIpc) is 3.30. The Labute approximate surface area is 139 Å². The number of hydrogen-bond donors (Lipinski definition) is 2. The Balaban J connectivity index is 1.56. The van der Waals surface area contributed by atoms with Gasteiger partial charge in [-0.1, -0.05) is 30.3 Å². The first-order valence-corrected chi connectivity index (χ1v) is 8.72. The van der Waals surface area contributed by atoms with Crippen LogP contribution in [-0.2, 0) is 0 Å². The Morgan fingerprint density at radius 1 is 1.30 bits per heavy atom. The number of fused-ring (bicyclic) bond motifs is 2. The topological polar surface area (TPSA) is 64.9 Å². The Morgan fingerprint density at radius 3 is 2.78 bits per heavy atom. The molecule has 2 saturated heterocycles. The van der Waals surface area contributed by atoms with E-state index in [1.165, 1.54) is 17.8 Å². The van der Waals surface area contributed by atoms with Crippen LogP contribution >= 0.6 is 11.3 Å². The summed E-state index contributed by atoms with van der Waals surface area (Å²) in [6.45, 7) is 0. The first kappa shape index (κ1) is 14.4. The Hall–Kier alpha value is -2.16. The molecule has 2 aliphatic rings. The van der Waals surface area contributed by atoms with Crippen LogP contribution in [0.2, 0.25) is 0 Å². The lowest BCUT2D eigenvalue weighted by atomic mass is 9.95. The van der Waals surface area contributed by atoms with Gasteiger partial charge in [0.25, 0.3) is 5.91 Å². The molecule has 0 spiro atoms. The average molecular weight is 323 g/mol. The molecule has 116 valence electrons. The summed E-state index contributed by atoms with van der Waals surface area (Å²) >= 11 is 1.39. The van der Waals surface area contributed by atoms with E-state index in [2.05, 4.69) is 16.7 Å². The van der Waals surface area contributed by atoms with Crippen LogP contribution < -0.4 is 10.6 Å². The van der Waals surface area contributed by atoms with Crippen molar-refractivity contribution < 1.29 is 4.79 Å². The van der Waals surface area contributed by atoms with E-state index in [-0.39, 0.29) is 11.9 Å². The quantitative estimate of drug-likeness (QED) is 0.913. The Kier molecular flexibility index (Phi) is 3.64. The maximum absolute atomic E-state index is 12.6. The third-order valence-corrected chi connectivity index (χ3v) is 5.91. The minimum atomic E-state index is -0.0620. The lowest BCUT2D eigenvalue weighted by Gasteiger charge is -2.20. The molecule has 3 atom stereocenters. The van der Waals surface area contributed by atoms with Crippen LogP contribution in [0.15, 0.2) is 36.4 Å². The molecule has 1 amide bonds. The largest absolute Gasteiger partial charge is 0.347 e. The fourth-order valence-corrected chi connectivity index (χ4v) is 4.63. The van der Waals surface area contributed by atoms with Gasteiger partial charge < -0.3 is 10.6 Å². The summed E-state index contributed by atoms with van der Waals surface area (Å²) in [5.74, 6) is -0.0620. The van der Waals surface area contributed by atoms with Crippen LogP contribution in [0.4, 0.5) is 0 Å². The van der Waals surface area contributed by atoms with Gasteiger partial charge in [-0.25, -0.2) is 0 Å².